The summed E-state index contributed by atoms with van der Waals surface area (Å²) in [4.78, 5) is 39.4. The number of β-lactam (4-membered cyclic amide) rings is 1. The fourth-order valence-electron chi connectivity index (χ4n) is 5.31. The van der Waals surface area contributed by atoms with Crippen molar-refractivity contribution in [3.63, 3.8) is 0 Å². The number of aryl methyl sites for hydroxylation is 1. The number of carbonyl (C=O) groups excluding carboxylic acids is 3. The molecule has 3 atom stereocenters. The Balaban J connectivity index is 1.35. The molecular formula is C31H35N3O4. The molecule has 7 nitrogen and oxygen atoms in total. The summed E-state index contributed by atoms with van der Waals surface area (Å²) in [6.07, 6.45) is 5.64. The first-order chi connectivity index (χ1) is 18.4. The minimum Gasteiger partial charge on any atom is -0.352 e. The predicted octanol–water partition coefficient (Wildman–Crippen LogP) is 4.09. The first-order valence-electron chi connectivity index (χ1n) is 13.5. The highest BCUT2D eigenvalue weighted by Gasteiger charge is 2.46. The number of benzene rings is 3. The van der Waals surface area contributed by atoms with E-state index in [1.807, 2.05) is 72.8 Å². The molecule has 1 aliphatic heterocycles. The highest BCUT2D eigenvalue weighted by molar-refractivity contribution is 5.98. The Morgan fingerprint density at radius 1 is 0.947 bits per heavy atom. The Morgan fingerprint density at radius 3 is 2.39 bits per heavy atom. The van der Waals surface area contributed by atoms with Gasteiger partial charge in [0.2, 0.25) is 11.8 Å². The molecule has 3 aromatic rings. The van der Waals surface area contributed by atoms with E-state index < -0.39 is 23.7 Å². The maximum atomic E-state index is 13.8. The summed E-state index contributed by atoms with van der Waals surface area (Å²) < 4.78 is 6.12. The zero-order chi connectivity index (χ0) is 26.5. The normalized spacial score (nSPS) is 21.1. The third-order valence-electron chi connectivity index (χ3n) is 7.70. The quantitative estimate of drug-likeness (QED) is 0.376. The van der Waals surface area contributed by atoms with E-state index in [4.69, 9.17) is 4.74 Å². The van der Waals surface area contributed by atoms with Gasteiger partial charge in [-0.3, -0.25) is 14.4 Å². The second-order valence-electron chi connectivity index (χ2n) is 10.5. The van der Waals surface area contributed by atoms with Crippen LogP contribution in [-0.2, 0) is 31.1 Å². The molecule has 0 unspecified atom stereocenters. The molecule has 5 rings (SSSR count). The third kappa shape index (κ3) is 5.73. The van der Waals surface area contributed by atoms with Gasteiger partial charge in [0, 0.05) is 6.42 Å². The fraction of sp³-hybridized carbons (Fsp3) is 0.387. The number of hydrogen-bond acceptors (Lipinski definition) is 4. The Bertz CT molecular complexity index is 1300. The van der Waals surface area contributed by atoms with E-state index in [9.17, 15) is 14.4 Å². The Kier molecular flexibility index (Phi) is 7.74. The van der Waals surface area contributed by atoms with E-state index in [0.717, 1.165) is 42.0 Å². The zero-order valence-corrected chi connectivity index (χ0v) is 21.7. The van der Waals surface area contributed by atoms with Gasteiger partial charge in [0.1, 0.15) is 5.54 Å². The van der Waals surface area contributed by atoms with Gasteiger partial charge in [0.15, 0.2) is 12.3 Å². The van der Waals surface area contributed by atoms with Crippen molar-refractivity contribution in [3.8, 4) is 0 Å². The Hall–Kier alpha value is -3.71. The number of ether oxygens (including phenoxy) is 1. The maximum absolute atomic E-state index is 13.8. The molecule has 1 saturated carbocycles. The Labute approximate surface area is 223 Å². The molecule has 0 bridgehead atoms. The molecule has 3 aromatic carbocycles. The van der Waals surface area contributed by atoms with E-state index in [-0.39, 0.29) is 24.3 Å². The molecule has 198 valence electrons. The first-order valence-corrected chi connectivity index (χ1v) is 13.5. The number of fused-ring (bicyclic) bond motifs is 1. The lowest BCUT2D eigenvalue weighted by Crippen LogP contribution is -2.72. The summed E-state index contributed by atoms with van der Waals surface area (Å²) >= 11 is 0. The van der Waals surface area contributed by atoms with E-state index in [1.54, 1.807) is 6.92 Å². The van der Waals surface area contributed by atoms with Crippen LogP contribution in [0.3, 0.4) is 0 Å². The van der Waals surface area contributed by atoms with Crippen LogP contribution in [0.25, 0.3) is 10.8 Å². The molecule has 3 N–H and O–H groups in total. The van der Waals surface area contributed by atoms with Crippen LogP contribution in [0.4, 0.5) is 0 Å². The zero-order valence-electron chi connectivity index (χ0n) is 21.7. The van der Waals surface area contributed by atoms with Gasteiger partial charge in [0.05, 0.1) is 6.10 Å². The molecule has 38 heavy (non-hydrogen) atoms. The van der Waals surface area contributed by atoms with Crippen molar-refractivity contribution in [1.29, 1.82) is 0 Å². The number of rotatable bonds is 9. The van der Waals surface area contributed by atoms with Gasteiger partial charge in [-0.25, -0.2) is 0 Å². The minimum atomic E-state index is -1.39. The lowest BCUT2D eigenvalue weighted by molar-refractivity contribution is -0.159. The van der Waals surface area contributed by atoms with Crippen LogP contribution in [-0.4, -0.2) is 36.1 Å². The molecule has 0 spiro atoms. The standard InChI is InChI=1S/C31H35N3O4/c1-31(24-18-17-22-12-8-9-13-23(22)20-24,34-26(35)19-16-21-10-4-2-5-11-21)30(37)32-27-28(36)33-29(27)38-25-14-6-3-7-15-25/h2,4-5,8-13,17-18,20,25,27,29H,3,6-7,14-16,19H2,1H3,(H,32,37)(H,33,36)(H,34,35)/t27-,29+,31+/m0/s1. The lowest BCUT2D eigenvalue weighted by atomic mass is 9.88. The van der Waals surface area contributed by atoms with Gasteiger partial charge in [-0.05, 0) is 54.2 Å². The second-order valence-corrected chi connectivity index (χ2v) is 10.5. The molecule has 3 amide bonds. The van der Waals surface area contributed by atoms with Crippen molar-refractivity contribution in [1.82, 2.24) is 16.0 Å². The summed E-state index contributed by atoms with van der Waals surface area (Å²) in [7, 11) is 0. The van der Waals surface area contributed by atoms with E-state index in [0.29, 0.717) is 12.0 Å². The summed E-state index contributed by atoms with van der Waals surface area (Å²) in [5, 5.41) is 10.6. The van der Waals surface area contributed by atoms with Gasteiger partial charge < -0.3 is 20.7 Å². The Morgan fingerprint density at radius 2 is 1.66 bits per heavy atom. The number of carbonyl (C=O) groups is 3. The monoisotopic (exact) mass is 513 g/mol. The SMILES string of the molecule is C[C@](NC(=O)CCc1ccccc1)(C(=O)N[C@H]1C(=O)N[C@@H]1OC1CCCCC1)c1ccc2ccccc2c1. The van der Waals surface area contributed by atoms with Gasteiger partial charge in [-0.15, -0.1) is 0 Å². The number of amides is 3. The summed E-state index contributed by atoms with van der Waals surface area (Å²) in [5.41, 5.74) is 0.308. The van der Waals surface area contributed by atoms with E-state index in [2.05, 4.69) is 16.0 Å². The van der Waals surface area contributed by atoms with Crippen molar-refractivity contribution in [2.24, 2.45) is 0 Å². The highest BCUT2D eigenvalue weighted by atomic mass is 16.5. The average molecular weight is 514 g/mol. The van der Waals surface area contributed by atoms with Gasteiger partial charge in [0.25, 0.3) is 5.91 Å². The fourth-order valence-corrected chi connectivity index (χ4v) is 5.31. The van der Waals surface area contributed by atoms with Crippen molar-refractivity contribution < 1.29 is 19.1 Å². The lowest BCUT2D eigenvalue weighted by Gasteiger charge is -2.41. The minimum absolute atomic E-state index is 0.0818. The van der Waals surface area contributed by atoms with Crippen molar-refractivity contribution in [3.05, 3.63) is 83.9 Å². The summed E-state index contributed by atoms with van der Waals surface area (Å²) in [5.74, 6) is -0.971. The summed E-state index contributed by atoms with van der Waals surface area (Å²) in [6.45, 7) is 1.69. The molecule has 1 heterocycles. The molecule has 0 aromatic heterocycles. The number of nitrogens with one attached hydrogen (secondary N) is 3. The maximum Gasteiger partial charge on any atom is 0.250 e. The van der Waals surface area contributed by atoms with Crippen LogP contribution in [0.1, 0.15) is 56.6 Å². The van der Waals surface area contributed by atoms with Gasteiger partial charge in [-0.2, -0.15) is 0 Å². The first kappa shape index (κ1) is 25.9. The summed E-state index contributed by atoms with van der Waals surface area (Å²) in [6, 6.07) is 22.6. The topological polar surface area (TPSA) is 96.5 Å². The number of hydrogen-bond donors (Lipinski definition) is 3. The van der Waals surface area contributed by atoms with Crippen LogP contribution in [0.5, 0.6) is 0 Å². The second kappa shape index (κ2) is 11.4. The van der Waals surface area contributed by atoms with Gasteiger partial charge >= 0.3 is 0 Å². The highest BCUT2D eigenvalue weighted by Crippen LogP contribution is 2.28. The van der Waals surface area contributed by atoms with Crippen LogP contribution in [0, 0.1) is 0 Å². The largest absolute Gasteiger partial charge is 0.352 e. The molecule has 1 saturated heterocycles. The van der Waals surface area contributed by atoms with Crippen molar-refractivity contribution in [2.45, 2.75) is 75.8 Å². The van der Waals surface area contributed by atoms with Crippen molar-refractivity contribution in [2.75, 3.05) is 0 Å². The van der Waals surface area contributed by atoms with E-state index >= 15 is 0 Å². The third-order valence-corrected chi connectivity index (χ3v) is 7.70. The van der Waals surface area contributed by atoms with Crippen LogP contribution >= 0.6 is 0 Å². The predicted molar refractivity (Wildman–Crippen MR) is 146 cm³/mol. The molecule has 2 aliphatic rings. The molecule has 2 fully saturated rings. The molecule has 1 aliphatic carbocycles. The van der Waals surface area contributed by atoms with Crippen LogP contribution in [0.2, 0.25) is 0 Å². The van der Waals surface area contributed by atoms with Crippen LogP contribution < -0.4 is 16.0 Å². The van der Waals surface area contributed by atoms with Crippen LogP contribution in [0.15, 0.2) is 72.8 Å². The smallest absolute Gasteiger partial charge is 0.250 e. The average Bonchev–Trinajstić information content (AvgIpc) is 2.95. The van der Waals surface area contributed by atoms with Gasteiger partial charge in [-0.1, -0.05) is 86.0 Å². The molecule has 7 heteroatoms. The molecular weight excluding hydrogens is 478 g/mol. The van der Waals surface area contributed by atoms with E-state index in [1.165, 1.54) is 6.42 Å². The molecule has 0 radical (unpaired) electrons. The van der Waals surface area contributed by atoms with Crippen molar-refractivity contribution >= 4 is 28.5 Å².